The van der Waals surface area contributed by atoms with E-state index in [-0.39, 0.29) is 17.4 Å². The van der Waals surface area contributed by atoms with Crippen molar-refractivity contribution in [2.45, 2.75) is 31.4 Å². The van der Waals surface area contributed by atoms with Crippen molar-refractivity contribution in [2.24, 2.45) is 0 Å². The van der Waals surface area contributed by atoms with E-state index in [4.69, 9.17) is 4.74 Å². The first kappa shape index (κ1) is 18.9. The Kier molecular flexibility index (Phi) is 4.69. The number of hydrogen-bond acceptors (Lipinski definition) is 6. The van der Waals surface area contributed by atoms with E-state index < -0.39 is 0 Å². The monoisotopic (exact) mass is 386 g/mol. The molecule has 3 aromatic rings. The third kappa shape index (κ3) is 3.41. The van der Waals surface area contributed by atoms with Gasteiger partial charge in [-0.3, -0.25) is 0 Å². The number of benzene rings is 2. The van der Waals surface area contributed by atoms with E-state index in [9.17, 15) is 10.4 Å². The maximum absolute atomic E-state index is 10.5. The highest BCUT2D eigenvalue weighted by atomic mass is 16.5. The molecule has 1 aromatic heterocycles. The molecule has 2 aromatic carbocycles. The number of hydrogen-bond donors (Lipinski definition) is 2. The molecule has 0 radical (unpaired) electrons. The predicted octanol–water partition coefficient (Wildman–Crippen LogP) is 4.50. The highest BCUT2D eigenvalue weighted by Gasteiger charge is 2.40. The van der Waals surface area contributed by atoms with Gasteiger partial charge < -0.3 is 15.2 Å². The summed E-state index contributed by atoms with van der Waals surface area (Å²) in [4.78, 5) is 0. The Labute approximate surface area is 169 Å². The molecular weight excluding hydrogens is 364 g/mol. The Balaban J connectivity index is 1.79. The molecule has 0 spiro atoms. The van der Waals surface area contributed by atoms with Crippen molar-refractivity contribution in [3.8, 4) is 23.1 Å². The van der Waals surface area contributed by atoms with Crippen LogP contribution in [-0.2, 0) is 4.74 Å². The van der Waals surface area contributed by atoms with Gasteiger partial charge in [0.2, 0.25) is 0 Å². The fourth-order valence-corrected chi connectivity index (χ4v) is 3.85. The van der Waals surface area contributed by atoms with Crippen molar-refractivity contribution in [3.63, 3.8) is 0 Å². The third-order valence-corrected chi connectivity index (χ3v) is 5.61. The molecule has 1 heterocycles. The summed E-state index contributed by atoms with van der Waals surface area (Å²) < 4.78 is 5.52. The fourth-order valence-electron chi connectivity index (χ4n) is 3.85. The second kappa shape index (κ2) is 7.19. The normalized spacial score (nSPS) is 20.7. The molecule has 1 saturated carbocycles. The number of aromatic nitrogens is 2. The molecule has 0 bridgehead atoms. The Bertz CT molecular complexity index is 1140. The summed E-state index contributed by atoms with van der Waals surface area (Å²) >= 11 is 0. The molecule has 4 rings (SSSR count). The van der Waals surface area contributed by atoms with Crippen LogP contribution >= 0.6 is 0 Å². The molecule has 0 unspecified atom stereocenters. The highest BCUT2D eigenvalue weighted by molar-refractivity contribution is 6.01. The van der Waals surface area contributed by atoms with Gasteiger partial charge in [0.1, 0.15) is 11.4 Å². The van der Waals surface area contributed by atoms with Gasteiger partial charge in [-0.2, -0.15) is 5.26 Å². The van der Waals surface area contributed by atoms with E-state index >= 15 is 0 Å². The summed E-state index contributed by atoms with van der Waals surface area (Å²) in [6, 6.07) is 13.1. The molecule has 1 fully saturated rings. The van der Waals surface area contributed by atoms with E-state index in [0.29, 0.717) is 22.6 Å². The minimum atomic E-state index is -0.114. The second-order valence-electron chi connectivity index (χ2n) is 7.65. The summed E-state index contributed by atoms with van der Waals surface area (Å²) in [7, 11) is 1.73. The molecule has 0 amide bonds. The summed E-state index contributed by atoms with van der Waals surface area (Å²) in [5.41, 5.74) is 2.40. The SMILES string of the molecule is C=Cc1ccc(-c2nnc(NC3CC(C)(OC)C3)c3cc(C#N)ccc23)c(O)c1. The molecule has 1 aliphatic carbocycles. The van der Waals surface area contributed by atoms with Crippen LogP contribution in [0.4, 0.5) is 5.82 Å². The lowest BCUT2D eigenvalue weighted by Gasteiger charge is -2.44. The maximum atomic E-state index is 10.5. The van der Waals surface area contributed by atoms with E-state index in [1.165, 1.54) is 0 Å². The van der Waals surface area contributed by atoms with Crippen molar-refractivity contribution < 1.29 is 9.84 Å². The number of phenols is 1. The quantitative estimate of drug-likeness (QED) is 0.671. The molecule has 1 aliphatic rings. The van der Waals surface area contributed by atoms with Crippen molar-refractivity contribution in [1.29, 1.82) is 5.26 Å². The van der Waals surface area contributed by atoms with Crippen LogP contribution in [-0.4, -0.2) is 34.1 Å². The van der Waals surface area contributed by atoms with Gasteiger partial charge in [-0.25, -0.2) is 0 Å². The molecule has 0 saturated heterocycles. The Morgan fingerprint density at radius 2 is 2.03 bits per heavy atom. The van der Waals surface area contributed by atoms with Crippen molar-refractivity contribution >= 4 is 22.7 Å². The summed E-state index contributed by atoms with van der Waals surface area (Å²) in [6.45, 7) is 5.81. The third-order valence-electron chi connectivity index (χ3n) is 5.61. The van der Waals surface area contributed by atoms with Crippen LogP contribution in [0.15, 0.2) is 43.0 Å². The van der Waals surface area contributed by atoms with Gasteiger partial charge in [-0.15, -0.1) is 10.2 Å². The van der Waals surface area contributed by atoms with Gasteiger partial charge in [0.15, 0.2) is 5.82 Å². The zero-order valence-corrected chi connectivity index (χ0v) is 16.4. The van der Waals surface area contributed by atoms with Crippen molar-refractivity contribution in [2.75, 3.05) is 12.4 Å². The first-order chi connectivity index (χ1) is 14.0. The molecule has 6 nitrogen and oxygen atoms in total. The molecule has 0 atom stereocenters. The lowest BCUT2D eigenvalue weighted by molar-refractivity contribution is -0.0625. The molecule has 2 N–H and O–H groups in total. The van der Waals surface area contributed by atoms with E-state index in [1.807, 2.05) is 12.1 Å². The Morgan fingerprint density at radius 3 is 2.69 bits per heavy atom. The number of nitrogens with zero attached hydrogens (tertiary/aromatic N) is 3. The maximum Gasteiger partial charge on any atom is 0.156 e. The fraction of sp³-hybridized carbons (Fsp3) is 0.261. The van der Waals surface area contributed by atoms with Crippen molar-refractivity contribution in [1.82, 2.24) is 10.2 Å². The number of fused-ring (bicyclic) bond motifs is 1. The summed E-state index contributed by atoms with van der Waals surface area (Å²) in [6.07, 6.45) is 3.41. The van der Waals surface area contributed by atoms with Gasteiger partial charge in [0.25, 0.3) is 0 Å². The molecule has 6 heteroatoms. The van der Waals surface area contributed by atoms with Crippen LogP contribution in [0.2, 0.25) is 0 Å². The topological polar surface area (TPSA) is 91.1 Å². The standard InChI is InChI=1S/C23H22N4O2/c1-4-14-5-8-18(20(28)10-14)21-17-7-6-15(13-24)9-19(17)22(27-26-21)25-16-11-23(2,12-16)29-3/h4-10,16,28H,1,11-12H2,2-3H3,(H,25,27). The smallest absolute Gasteiger partial charge is 0.156 e. The molecule has 0 aliphatic heterocycles. The van der Waals surface area contributed by atoms with Crippen LogP contribution in [0.5, 0.6) is 5.75 Å². The predicted molar refractivity (Wildman–Crippen MR) is 114 cm³/mol. The second-order valence-corrected chi connectivity index (χ2v) is 7.65. The average molecular weight is 386 g/mol. The largest absolute Gasteiger partial charge is 0.507 e. The zero-order valence-electron chi connectivity index (χ0n) is 16.4. The number of nitrogens with one attached hydrogen (secondary N) is 1. The number of phenolic OH excluding ortho intramolecular Hbond substituents is 1. The van der Waals surface area contributed by atoms with E-state index in [0.717, 1.165) is 29.2 Å². The van der Waals surface area contributed by atoms with Crippen LogP contribution < -0.4 is 5.32 Å². The number of nitriles is 1. The van der Waals surface area contributed by atoms with E-state index in [2.05, 4.69) is 35.1 Å². The van der Waals surface area contributed by atoms with Crippen LogP contribution in [0.25, 0.3) is 28.1 Å². The number of rotatable bonds is 5. The van der Waals surface area contributed by atoms with Gasteiger partial charge in [0, 0.05) is 29.5 Å². The number of ether oxygens (including phenoxy) is 1. The number of aromatic hydroxyl groups is 1. The number of anilines is 1. The molecule has 146 valence electrons. The van der Waals surface area contributed by atoms with Crippen LogP contribution in [0, 0.1) is 11.3 Å². The first-order valence-electron chi connectivity index (χ1n) is 9.44. The first-order valence-corrected chi connectivity index (χ1v) is 9.44. The lowest BCUT2D eigenvalue weighted by atomic mass is 9.77. The van der Waals surface area contributed by atoms with Gasteiger partial charge in [0.05, 0.1) is 17.2 Å². The van der Waals surface area contributed by atoms with Crippen molar-refractivity contribution in [3.05, 3.63) is 54.1 Å². The summed E-state index contributed by atoms with van der Waals surface area (Å²) in [5.74, 6) is 0.740. The van der Waals surface area contributed by atoms with E-state index in [1.54, 1.807) is 37.5 Å². The molecule has 29 heavy (non-hydrogen) atoms. The Hall–Kier alpha value is -3.43. The molecular formula is C23H22N4O2. The minimum Gasteiger partial charge on any atom is -0.507 e. The summed E-state index contributed by atoms with van der Waals surface area (Å²) in [5, 5.41) is 33.7. The highest BCUT2D eigenvalue weighted by Crippen LogP contribution is 2.39. The zero-order chi connectivity index (χ0) is 20.6. The van der Waals surface area contributed by atoms with Gasteiger partial charge >= 0.3 is 0 Å². The Morgan fingerprint density at radius 1 is 1.24 bits per heavy atom. The minimum absolute atomic E-state index is 0.109. The van der Waals surface area contributed by atoms with Crippen LogP contribution in [0.3, 0.4) is 0 Å². The number of methoxy groups -OCH3 is 1. The van der Waals surface area contributed by atoms with Gasteiger partial charge in [-0.1, -0.05) is 24.8 Å². The van der Waals surface area contributed by atoms with Crippen LogP contribution in [0.1, 0.15) is 30.9 Å². The lowest BCUT2D eigenvalue weighted by Crippen LogP contribution is -2.49. The average Bonchev–Trinajstić information content (AvgIpc) is 2.72. The van der Waals surface area contributed by atoms with Gasteiger partial charge in [-0.05, 0) is 49.6 Å².